The average Bonchev–Trinajstić information content (AvgIpc) is 2.62. The van der Waals surface area contributed by atoms with Gasteiger partial charge in [-0.3, -0.25) is 9.59 Å². The maximum Gasteiger partial charge on any atom is 0.306 e. The fourth-order valence-electron chi connectivity index (χ4n) is 2.00. The third kappa shape index (κ3) is 7.11. The number of carbonyl (C=O) groups is 2. The molecule has 1 N–H and O–H groups in total. The van der Waals surface area contributed by atoms with Crippen molar-refractivity contribution in [3.05, 3.63) is 56.5 Å². The Balaban J connectivity index is 1.67. The Hall–Kier alpha value is -1.66. The van der Waals surface area contributed by atoms with E-state index in [0.29, 0.717) is 32.9 Å². The van der Waals surface area contributed by atoms with E-state index in [-0.39, 0.29) is 18.1 Å². The van der Waals surface area contributed by atoms with Crippen LogP contribution in [0.1, 0.15) is 12.8 Å². The van der Waals surface area contributed by atoms with Crippen LogP contribution >= 0.6 is 46.4 Å². The van der Waals surface area contributed by atoms with E-state index in [4.69, 9.17) is 55.9 Å². The smallest absolute Gasteiger partial charge is 0.306 e. The van der Waals surface area contributed by atoms with E-state index in [2.05, 4.69) is 5.32 Å². The molecule has 144 valence electrons. The number of benzene rings is 2. The largest absolute Gasteiger partial charge is 0.492 e. The highest BCUT2D eigenvalue weighted by molar-refractivity contribution is 6.44. The first-order chi connectivity index (χ1) is 12.9. The lowest BCUT2D eigenvalue weighted by molar-refractivity contribution is -0.147. The molecule has 0 bridgehead atoms. The SMILES string of the molecule is O=C(COC(=O)CCCOc1ccc(Cl)cc1Cl)Nc1cccc(Cl)c1Cl. The van der Waals surface area contributed by atoms with Crippen LogP contribution in [0.3, 0.4) is 0 Å². The maximum atomic E-state index is 11.8. The van der Waals surface area contributed by atoms with Gasteiger partial charge in [-0.25, -0.2) is 0 Å². The topological polar surface area (TPSA) is 64.6 Å². The van der Waals surface area contributed by atoms with Gasteiger partial charge in [0, 0.05) is 11.4 Å². The van der Waals surface area contributed by atoms with Crippen LogP contribution < -0.4 is 10.1 Å². The lowest BCUT2D eigenvalue weighted by Crippen LogP contribution is -2.21. The highest BCUT2D eigenvalue weighted by Gasteiger charge is 2.11. The first-order valence-electron chi connectivity index (χ1n) is 7.84. The van der Waals surface area contributed by atoms with Crippen LogP contribution in [0.2, 0.25) is 20.1 Å². The van der Waals surface area contributed by atoms with Gasteiger partial charge in [0.05, 0.1) is 27.4 Å². The third-order valence-electron chi connectivity index (χ3n) is 3.27. The number of amides is 1. The van der Waals surface area contributed by atoms with Crippen LogP contribution in [0.4, 0.5) is 5.69 Å². The fourth-order valence-corrected chi connectivity index (χ4v) is 2.81. The molecule has 0 saturated carbocycles. The van der Waals surface area contributed by atoms with Gasteiger partial charge in [-0.05, 0) is 36.8 Å². The van der Waals surface area contributed by atoms with Crippen molar-refractivity contribution in [2.75, 3.05) is 18.5 Å². The van der Waals surface area contributed by atoms with Gasteiger partial charge < -0.3 is 14.8 Å². The number of hydrogen-bond acceptors (Lipinski definition) is 4. The highest BCUT2D eigenvalue weighted by atomic mass is 35.5. The van der Waals surface area contributed by atoms with Gasteiger partial charge in [-0.2, -0.15) is 0 Å². The lowest BCUT2D eigenvalue weighted by Gasteiger charge is -2.09. The number of rotatable bonds is 8. The van der Waals surface area contributed by atoms with Gasteiger partial charge in [0.15, 0.2) is 6.61 Å². The molecule has 1 amide bonds. The summed E-state index contributed by atoms with van der Waals surface area (Å²) in [5, 5.41) is 3.95. The van der Waals surface area contributed by atoms with Gasteiger partial charge in [0.2, 0.25) is 0 Å². The first-order valence-corrected chi connectivity index (χ1v) is 9.35. The summed E-state index contributed by atoms with van der Waals surface area (Å²) in [5.74, 6) is -0.558. The molecule has 27 heavy (non-hydrogen) atoms. The van der Waals surface area contributed by atoms with Crippen LogP contribution in [0.25, 0.3) is 0 Å². The predicted octanol–water partition coefficient (Wildman–Crippen LogP) is 5.64. The van der Waals surface area contributed by atoms with E-state index < -0.39 is 18.5 Å². The van der Waals surface area contributed by atoms with Gasteiger partial charge in [0.1, 0.15) is 5.75 Å². The van der Waals surface area contributed by atoms with Crippen LogP contribution in [-0.2, 0) is 14.3 Å². The molecule has 0 aliphatic rings. The van der Waals surface area contributed by atoms with Crippen LogP contribution in [0.15, 0.2) is 36.4 Å². The van der Waals surface area contributed by atoms with Crippen molar-refractivity contribution in [1.82, 2.24) is 0 Å². The molecule has 9 heteroatoms. The second-order valence-electron chi connectivity index (χ2n) is 5.34. The standard InChI is InChI=1S/C18H15Cl4NO4/c19-11-6-7-15(13(21)9-11)26-8-2-5-17(25)27-10-16(24)23-14-4-1-3-12(20)18(14)22/h1,3-4,6-7,9H,2,5,8,10H2,(H,23,24). The number of carbonyl (C=O) groups excluding carboxylic acids is 2. The van der Waals surface area contributed by atoms with E-state index in [1.807, 2.05) is 0 Å². The molecule has 0 unspecified atom stereocenters. The molecule has 0 spiro atoms. The Morgan fingerprint density at radius 1 is 1.00 bits per heavy atom. The zero-order chi connectivity index (χ0) is 19.8. The Morgan fingerprint density at radius 3 is 2.52 bits per heavy atom. The Kier molecular flexibility index (Phi) is 8.51. The van der Waals surface area contributed by atoms with Crippen molar-refractivity contribution >= 4 is 64.0 Å². The zero-order valence-electron chi connectivity index (χ0n) is 13.9. The summed E-state index contributed by atoms with van der Waals surface area (Å²) in [6.45, 7) is -0.160. The lowest BCUT2D eigenvalue weighted by atomic mass is 10.3. The third-order valence-corrected chi connectivity index (χ3v) is 4.62. The quantitative estimate of drug-likeness (QED) is 0.417. The van der Waals surface area contributed by atoms with Gasteiger partial charge in [-0.15, -0.1) is 0 Å². The number of halogens is 4. The molecule has 5 nitrogen and oxygen atoms in total. The summed E-state index contributed by atoms with van der Waals surface area (Å²) < 4.78 is 10.4. The van der Waals surface area contributed by atoms with Crippen molar-refractivity contribution in [2.24, 2.45) is 0 Å². The van der Waals surface area contributed by atoms with Crippen molar-refractivity contribution in [2.45, 2.75) is 12.8 Å². The minimum Gasteiger partial charge on any atom is -0.492 e. The Morgan fingerprint density at radius 2 is 1.78 bits per heavy atom. The molecule has 0 radical (unpaired) electrons. The average molecular weight is 451 g/mol. The van der Waals surface area contributed by atoms with Gasteiger partial charge >= 0.3 is 5.97 Å². The zero-order valence-corrected chi connectivity index (χ0v) is 17.0. The number of nitrogens with one attached hydrogen (secondary N) is 1. The predicted molar refractivity (Wildman–Crippen MR) is 107 cm³/mol. The summed E-state index contributed by atoms with van der Waals surface area (Å²) >= 11 is 23.6. The molecule has 0 atom stereocenters. The van der Waals surface area contributed by atoms with Gasteiger partial charge in [-0.1, -0.05) is 52.5 Å². The Bertz CT molecular complexity index is 829. The summed E-state index contributed by atoms with van der Waals surface area (Å²) in [4.78, 5) is 23.5. The number of anilines is 1. The van der Waals surface area contributed by atoms with Crippen molar-refractivity contribution in [3.63, 3.8) is 0 Å². The first kappa shape index (κ1) is 21.6. The number of esters is 1. The van der Waals surface area contributed by atoms with E-state index in [0.717, 1.165) is 0 Å². The van der Waals surface area contributed by atoms with E-state index >= 15 is 0 Å². The molecule has 0 aliphatic carbocycles. The number of ether oxygens (including phenoxy) is 2. The summed E-state index contributed by atoms with van der Waals surface area (Å²) in [6.07, 6.45) is 0.496. The van der Waals surface area contributed by atoms with Crippen molar-refractivity contribution in [1.29, 1.82) is 0 Å². The van der Waals surface area contributed by atoms with Crippen molar-refractivity contribution < 1.29 is 19.1 Å². The highest BCUT2D eigenvalue weighted by Crippen LogP contribution is 2.29. The molecular weight excluding hydrogens is 436 g/mol. The summed E-state index contributed by atoms with van der Waals surface area (Å²) in [6, 6.07) is 9.70. The van der Waals surface area contributed by atoms with Crippen molar-refractivity contribution in [3.8, 4) is 5.75 Å². The summed E-state index contributed by atoms with van der Waals surface area (Å²) in [7, 11) is 0. The molecule has 0 fully saturated rings. The van der Waals surface area contributed by atoms with E-state index in [1.54, 1.807) is 36.4 Å². The molecule has 0 aliphatic heterocycles. The molecule has 2 aromatic rings. The van der Waals surface area contributed by atoms with Crippen LogP contribution in [0, 0.1) is 0 Å². The van der Waals surface area contributed by atoms with Crippen LogP contribution in [-0.4, -0.2) is 25.1 Å². The van der Waals surface area contributed by atoms with E-state index in [9.17, 15) is 9.59 Å². The molecule has 0 aromatic heterocycles. The molecule has 2 rings (SSSR count). The summed E-state index contributed by atoms with van der Waals surface area (Å²) in [5.41, 5.74) is 0.346. The Labute approximate surface area is 176 Å². The maximum absolute atomic E-state index is 11.8. The monoisotopic (exact) mass is 449 g/mol. The second kappa shape index (κ2) is 10.6. The number of hydrogen-bond donors (Lipinski definition) is 1. The fraction of sp³-hybridized carbons (Fsp3) is 0.222. The van der Waals surface area contributed by atoms with E-state index in [1.165, 1.54) is 0 Å². The van der Waals surface area contributed by atoms with Crippen LogP contribution in [0.5, 0.6) is 5.75 Å². The minimum absolute atomic E-state index is 0.0937. The molecule has 0 heterocycles. The second-order valence-corrected chi connectivity index (χ2v) is 6.97. The molecule has 2 aromatic carbocycles. The molecular formula is C18H15Cl4NO4. The normalized spacial score (nSPS) is 10.4. The minimum atomic E-state index is -0.520. The molecule has 0 saturated heterocycles. The van der Waals surface area contributed by atoms with Gasteiger partial charge in [0.25, 0.3) is 5.91 Å².